The van der Waals surface area contributed by atoms with Crippen LogP contribution in [0.3, 0.4) is 0 Å². The summed E-state index contributed by atoms with van der Waals surface area (Å²) in [5.74, 6) is 0.0469. The number of hydrogen-bond acceptors (Lipinski definition) is 2. The zero-order valence-corrected chi connectivity index (χ0v) is 11.7. The normalized spacial score (nSPS) is 12.8. The van der Waals surface area contributed by atoms with Gasteiger partial charge in [-0.3, -0.25) is 0 Å². The minimum atomic E-state index is -0.916. The van der Waals surface area contributed by atoms with Crippen molar-refractivity contribution in [3.8, 4) is 0 Å². The summed E-state index contributed by atoms with van der Waals surface area (Å²) in [4.78, 5) is 15.8. The van der Waals surface area contributed by atoms with Gasteiger partial charge in [0.15, 0.2) is 0 Å². The van der Waals surface area contributed by atoms with Crippen LogP contribution in [0.1, 0.15) is 55.8 Å². The number of carbonyl (C=O) groups is 1. The number of rotatable bonds is 5. The molecule has 1 aromatic carbocycles. The second-order valence-electron chi connectivity index (χ2n) is 4.87. The minimum Gasteiger partial charge on any atom is -0.478 e. The van der Waals surface area contributed by atoms with Crippen LogP contribution >= 0.6 is 0 Å². The Kier molecular flexibility index (Phi) is 3.88. The average Bonchev–Trinajstić information content (AvgIpc) is 2.76. The van der Waals surface area contributed by atoms with Crippen molar-refractivity contribution in [2.24, 2.45) is 0 Å². The van der Waals surface area contributed by atoms with Crippen LogP contribution in [0.25, 0.3) is 11.0 Å². The number of nitrogens with zero attached hydrogens (tertiary/aromatic N) is 2. The van der Waals surface area contributed by atoms with E-state index in [0.29, 0.717) is 11.6 Å². The number of fused-ring (bicyclic) bond motifs is 1. The fraction of sp³-hybridized carbons (Fsp3) is 0.467. The van der Waals surface area contributed by atoms with Gasteiger partial charge in [0.1, 0.15) is 11.3 Å². The quantitative estimate of drug-likeness (QED) is 0.892. The number of carboxylic acid groups (broad SMARTS) is 1. The highest BCUT2D eigenvalue weighted by atomic mass is 16.4. The number of imidazole rings is 1. The summed E-state index contributed by atoms with van der Waals surface area (Å²) in [7, 11) is 0. The largest absolute Gasteiger partial charge is 0.478 e. The Morgan fingerprint density at radius 1 is 1.42 bits per heavy atom. The lowest BCUT2D eigenvalue weighted by Crippen LogP contribution is -2.08. The van der Waals surface area contributed by atoms with Crippen LogP contribution in [0.2, 0.25) is 0 Å². The molecule has 0 radical (unpaired) electrons. The lowest BCUT2D eigenvalue weighted by atomic mass is 10.1. The van der Waals surface area contributed by atoms with Gasteiger partial charge in [0, 0.05) is 12.5 Å². The maximum absolute atomic E-state index is 11.3. The first-order chi connectivity index (χ1) is 9.10. The summed E-state index contributed by atoms with van der Waals surface area (Å²) in [6.45, 7) is 6.37. The summed E-state index contributed by atoms with van der Waals surface area (Å²) in [6.07, 6.45) is 2.97. The van der Waals surface area contributed by atoms with Crippen LogP contribution in [0.5, 0.6) is 0 Å². The van der Waals surface area contributed by atoms with Gasteiger partial charge >= 0.3 is 5.97 Å². The molecule has 1 N–H and O–H groups in total. The van der Waals surface area contributed by atoms with Crippen LogP contribution in [0.4, 0.5) is 0 Å². The van der Waals surface area contributed by atoms with Crippen LogP contribution in [0.15, 0.2) is 18.2 Å². The number of hydrogen-bond donors (Lipinski definition) is 1. The second-order valence-corrected chi connectivity index (χ2v) is 4.87. The maximum Gasteiger partial charge on any atom is 0.337 e. The van der Waals surface area contributed by atoms with Gasteiger partial charge in [0.2, 0.25) is 0 Å². The van der Waals surface area contributed by atoms with Crippen molar-refractivity contribution >= 4 is 17.0 Å². The van der Waals surface area contributed by atoms with Crippen LogP contribution in [-0.2, 0) is 6.42 Å². The first-order valence-electron chi connectivity index (χ1n) is 6.83. The Hall–Kier alpha value is -1.84. The molecule has 0 aliphatic rings. The number of aromatic nitrogens is 2. The molecule has 4 nitrogen and oxygen atoms in total. The SMILES string of the molecule is CCCC(C)n1c(CC)nc2c(C(=O)O)cccc21. The molecule has 0 amide bonds. The van der Waals surface area contributed by atoms with Gasteiger partial charge in [0.25, 0.3) is 0 Å². The van der Waals surface area contributed by atoms with E-state index in [0.717, 1.165) is 30.6 Å². The summed E-state index contributed by atoms with van der Waals surface area (Å²) < 4.78 is 2.19. The van der Waals surface area contributed by atoms with Crippen molar-refractivity contribution in [3.63, 3.8) is 0 Å². The Labute approximate surface area is 113 Å². The molecular formula is C15H20N2O2. The Morgan fingerprint density at radius 2 is 2.16 bits per heavy atom. The first-order valence-corrected chi connectivity index (χ1v) is 6.83. The zero-order chi connectivity index (χ0) is 14.0. The lowest BCUT2D eigenvalue weighted by Gasteiger charge is -2.16. The van der Waals surface area contributed by atoms with E-state index in [1.165, 1.54) is 0 Å². The highest BCUT2D eigenvalue weighted by molar-refractivity contribution is 6.01. The molecule has 19 heavy (non-hydrogen) atoms. The van der Waals surface area contributed by atoms with E-state index in [-0.39, 0.29) is 5.56 Å². The summed E-state index contributed by atoms with van der Waals surface area (Å²) in [5, 5.41) is 9.25. The van der Waals surface area contributed by atoms with E-state index < -0.39 is 5.97 Å². The molecular weight excluding hydrogens is 240 g/mol. The summed E-state index contributed by atoms with van der Waals surface area (Å²) in [6, 6.07) is 5.71. The molecule has 0 aliphatic heterocycles. The molecule has 0 saturated heterocycles. The molecule has 0 bridgehead atoms. The Bertz CT molecular complexity index is 601. The Balaban J connectivity index is 2.68. The van der Waals surface area contributed by atoms with Crippen molar-refractivity contribution in [2.75, 3.05) is 0 Å². The molecule has 1 aromatic heterocycles. The predicted molar refractivity (Wildman–Crippen MR) is 75.7 cm³/mol. The molecule has 102 valence electrons. The molecule has 0 saturated carbocycles. The minimum absolute atomic E-state index is 0.287. The predicted octanol–water partition coefficient (Wildman–Crippen LogP) is 3.66. The van der Waals surface area contributed by atoms with Crippen molar-refractivity contribution in [3.05, 3.63) is 29.6 Å². The summed E-state index contributed by atoms with van der Waals surface area (Å²) >= 11 is 0. The monoisotopic (exact) mass is 260 g/mol. The van der Waals surface area contributed by atoms with Crippen LogP contribution in [0, 0.1) is 0 Å². The van der Waals surface area contributed by atoms with Crippen LogP contribution < -0.4 is 0 Å². The molecule has 1 unspecified atom stereocenters. The van der Waals surface area contributed by atoms with Gasteiger partial charge in [-0.05, 0) is 25.5 Å². The summed E-state index contributed by atoms with van der Waals surface area (Å²) in [5.41, 5.74) is 1.82. The number of carboxylic acids is 1. The van der Waals surface area contributed by atoms with Crippen LogP contribution in [-0.4, -0.2) is 20.6 Å². The van der Waals surface area contributed by atoms with Gasteiger partial charge in [0.05, 0.1) is 11.1 Å². The molecule has 1 atom stereocenters. The molecule has 4 heteroatoms. The standard InChI is InChI=1S/C15H20N2O2/c1-4-7-10(3)17-12-9-6-8-11(15(18)19)14(12)16-13(17)5-2/h6,8-10H,4-5,7H2,1-3H3,(H,18,19). The van der Waals surface area contributed by atoms with E-state index in [4.69, 9.17) is 0 Å². The topological polar surface area (TPSA) is 55.1 Å². The fourth-order valence-electron chi connectivity index (χ4n) is 2.63. The highest BCUT2D eigenvalue weighted by Crippen LogP contribution is 2.26. The van der Waals surface area contributed by atoms with Gasteiger partial charge < -0.3 is 9.67 Å². The van der Waals surface area contributed by atoms with Gasteiger partial charge in [-0.2, -0.15) is 0 Å². The third kappa shape index (κ3) is 2.35. The second kappa shape index (κ2) is 5.43. The van der Waals surface area contributed by atoms with Gasteiger partial charge in [-0.1, -0.05) is 26.3 Å². The van der Waals surface area contributed by atoms with E-state index in [1.54, 1.807) is 12.1 Å². The van der Waals surface area contributed by atoms with Gasteiger partial charge in [-0.25, -0.2) is 9.78 Å². The molecule has 0 aliphatic carbocycles. The Morgan fingerprint density at radius 3 is 2.74 bits per heavy atom. The molecule has 0 fully saturated rings. The van der Waals surface area contributed by atoms with E-state index in [9.17, 15) is 9.90 Å². The molecule has 0 spiro atoms. The highest BCUT2D eigenvalue weighted by Gasteiger charge is 2.18. The smallest absolute Gasteiger partial charge is 0.337 e. The average molecular weight is 260 g/mol. The number of aromatic carboxylic acids is 1. The number of aryl methyl sites for hydroxylation is 1. The third-order valence-electron chi connectivity index (χ3n) is 3.49. The number of benzene rings is 1. The van der Waals surface area contributed by atoms with E-state index in [1.807, 2.05) is 6.07 Å². The lowest BCUT2D eigenvalue weighted by molar-refractivity contribution is 0.0699. The zero-order valence-electron chi connectivity index (χ0n) is 11.7. The fourth-order valence-corrected chi connectivity index (χ4v) is 2.63. The van der Waals surface area contributed by atoms with Crippen molar-refractivity contribution in [1.82, 2.24) is 9.55 Å². The third-order valence-corrected chi connectivity index (χ3v) is 3.49. The maximum atomic E-state index is 11.3. The van der Waals surface area contributed by atoms with Crippen molar-refractivity contribution in [1.29, 1.82) is 0 Å². The van der Waals surface area contributed by atoms with Gasteiger partial charge in [-0.15, -0.1) is 0 Å². The first kappa shape index (κ1) is 13.6. The van der Waals surface area contributed by atoms with Crippen molar-refractivity contribution < 1.29 is 9.90 Å². The van der Waals surface area contributed by atoms with Crippen molar-refractivity contribution in [2.45, 2.75) is 46.1 Å². The molecule has 2 aromatic rings. The molecule has 1 heterocycles. The van der Waals surface area contributed by atoms with E-state index >= 15 is 0 Å². The number of para-hydroxylation sites is 1. The van der Waals surface area contributed by atoms with E-state index in [2.05, 4.69) is 30.3 Å². The molecule has 2 rings (SSSR count).